The van der Waals surface area contributed by atoms with Gasteiger partial charge in [-0.15, -0.1) is 0 Å². The van der Waals surface area contributed by atoms with E-state index < -0.39 is 0 Å². The number of allylic oxidation sites excluding steroid dienone is 1. The van der Waals surface area contributed by atoms with Gasteiger partial charge in [-0.2, -0.15) is 0 Å². The summed E-state index contributed by atoms with van der Waals surface area (Å²) in [5.74, 6) is 0.756. The number of benzene rings is 2. The number of carbonyl (C=O) groups excluding carboxylic acids is 1. The number of fused-ring (bicyclic) bond motifs is 1. The molecule has 0 fully saturated rings. The number of ketones is 1. The van der Waals surface area contributed by atoms with Crippen LogP contribution in [0.15, 0.2) is 59.4 Å². The zero-order chi connectivity index (χ0) is 16.2. The molecule has 2 aromatic carbocycles. The fourth-order valence-electron chi connectivity index (χ4n) is 2.21. The van der Waals surface area contributed by atoms with E-state index in [2.05, 4.69) is 9.97 Å². The summed E-state index contributed by atoms with van der Waals surface area (Å²) >= 11 is 0. The third kappa shape index (κ3) is 3.18. The van der Waals surface area contributed by atoms with Crippen LogP contribution in [0, 0.1) is 0 Å². The Morgan fingerprint density at radius 1 is 1.17 bits per heavy atom. The summed E-state index contributed by atoms with van der Waals surface area (Å²) in [5.41, 5.74) is 0.859. The van der Waals surface area contributed by atoms with Gasteiger partial charge in [0, 0.05) is 5.56 Å². The van der Waals surface area contributed by atoms with E-state index in [1.165, 1.54) is 12.2 Å². The Morgan fingerprint density at radius 3 is 2.83 bits per heavy atom. The number of carbonyl (C=O) groups is 1. The second-order valence-electron chi connectivity index (χ2n) is 4.90. The molecule has 0 aliphatic heterocycles. The van der Waals surface area contributed by atoms with Gasteiger partial charge in [-0.05, 0) is 36.4 Å². The summed E-state index contributed by atoms with van der Waals surface area (Å²) in [7, 11) is 1.54. The predicted octanol–water partition coefficient (Wildman–Crippen LogP) is 2.83. The van der Waals surface area contributed by atoms with Crippen molar-refractivity contribution in [1.82, 2.24) is 9.97 Å². The van der Waals surface area contributed by atoms with Gasteiger partial charge in [-0.3, -0.25) is 9.59 Å². The van der Waals surface area contributed by atoms with E-state index in [4.69, 9.17) is 4.74 Å². The number of hydrogen-bond donors (Lipinski definition) is 1. The van der Waals surface area contributed by atoms with Crippen LogP contribution in [0.1, 0.15) is 16.2 Å². The van der Waals surface area contributed by atoms with Crippen LogP contribution in [0.4, 0.5) is 0 Å². The van der Waals surface area contributed by atoms with E-state index in [1.807, 2.05) is 6.07 Å². The van der Waals surface area contributed by atoms with Crippen molar-refractivity contribution in [2.75, 3.05) is 7.11 Å². The summed E-state index contributed by atoms with van der Waals surface area (Å²) in [6.07, 6.45) is 2.87. The molecule has 0 saturated heterocycles. The molecule has 0 radical (unpaired) electrons. The highest BCUT2D eigenvalue weighted by molar-refractivity contribution is 6.06. The van der Waals surface area contributed by atoms with E-state index in [9.17, 15) is 9.59 Å². The molecular formula is C18H14N2O3. The van der Waals surface area contributed by atoms with Gasteiger partial charge < -0.3 is 9.72 Å². The molecular weight excluding hydrogens is 292 g/mol. The van der Waals surface area contributed by atoms with E-state index in [1.54, 1.807) is 49.6 Å². The molecule has 5 heteroatoms. The van der Waals surface area contributed by atoms with Crippen molar-refractivity contribution in [3.05, 3.63) is 76.3 Å². The number of H-pyrrole nitrogens is 1. The van der Waals surface area contributed by atoms with Crippen LogP contribution in [0.3, 0.4) is 0 Å². The van der Waals surface area contributed by atoms with Crippen molar-refractivity contribution in [3.63, 3.8) is 0 Å². The van der Waals surface area contributed by atoms with Crippen LogP contribution >= 0.6 is 0 Å². The van der Waals surface area contributed by atoms with Crippen molar-refractivity contribution in [1.29, 1.82) is 0 Å². The summed E-state index contributed by atoms with van der Waals surface area (Å²) < 4.78 is 5.10. The Labute approximate surface area is 132 Å². The van der Waals surface area contributed by atoms with Gasteiger partial charge in [0.05, 0.1) is 18.0 Å². The van der Waals surface area contributed by atoms with Crippen LogP contribution in [0.2, 0.25) is 0 Å². The van der Waals surface area contributed by atoms with E-state index in [0.29, 0.717) is 28.0 Å². The first-order valence-electron chi connectivity index (χ1n) is 7.03. The van der Waals surface area contributed by atoms with Gasteiger partial charge in [-0.1, -0.05) is 24.3 Å². The standard InChI is InChI=1S/C18H14N2O3/c1-23-13-6-4-5-12(11-13)16(21)9-10-17-19-15-8-3-2-7-14(15)18(22)20-17/h2-11H,1H3,(H,19,20,22)/b10-9+. The van der Waals surface area contributed by atoms with Crippen LogP contribution < -0.4 is 10.3 Å². The second-order valence-corrected chi connectivity index (χ2v) is 4.90. The van der Waals surface area contributed by atoms with Crippen molar-refractivity contribution < 1.29 is 9.53 Å². The summed E-state index contributed by atoms with van der Waals surface area (Å²) in [6.45, 7) is 0. The molecule has 0 spiro atoms. The number of para-hydroxylation sites is 1. The number of nitrogens with one attached hydrogen (secondary N) is 1. The molecule has 3 rings (SSSR count). The Balaban J connectivity index is 1.90. The van der Waals surface area contributed by atoms with E-state index in [0.717, 1.165) is 0 Å². The molecule has 1 N–H and O–H groups in total. The molecule has 0 aliphatic carbocycles. The molecule has 114 valence electrons. The zero-order valence-electron chi connectivity index (χ0n) is 12.4. The lowest BCUT2D eigenvalue weighted by molar-refractivity contribution is 0.104. The lowest BCUT2D eigenvalue weighted by Crippen LogP contribution is -2.09. The van der Waals surface area contributed by atoms with E-state index >= 15 is 0 Å². The maximum absolute atomic E-state index is 12.2. The minimum absolute atomic E-state index is 0.195. The smallest absolute Gasteiger partial charge is 0.259 e. The molecule has 5 nitrogen and oxygen atoms in total. The number of aromatic nitrogens is 2. The first kappa shape index (κ1) is 14.7. The van der Waals surface area contributed by atoms with E-state index in [-0.39, 0.29) is 11.3 Å². The van der Waals surface area contributed by atoms with Gasteiger partial charge in [0.1, 0.15) is 11.6 Å². The third-order valence-corrected chi connectivity index (χ3v) is 3.38. The Hall–Kier alpha value is -3.21. The molecule has 23 heavy (non-hydrogen) atoms. The van der Waals surface area contributed by atoms with Gasteiger partial charge in [0.2, 0.25) is 0 Å². The Morgan fingerprint density at radius 2 is 2.00 bits per heavy atom. The van der Waals surface area contributed by atoms with Crippen molar-refractivity contribution >= 4 is 22.8 Å². The number of ether oxygens (including phenoxy) is 1. The highest BCUT2D eigenvalue weighted by atomic mass is 16.5. The minimum atomic E-state index is -0.232. The lowest BCUT2D eigenvalue weighted by atomic mass is 10.1. The SMILES string of the molecule is COc1cccc(C(=O)/C=C/c2nc3ccccc3c(=O)[nH]2)c1. The topological polar surface area (TPSA) is 72.0 Å². The normalized spacial score (nSPS) is 11.0. The highest BCUT2D eigenvalue weighted by Gasteiger charge is 2.04. The van der Waals surface area contributed by atoms with Crippen molar-refractivity contribution in [2.45, 2.75) is 0 Å². The fraction of sp³-hybridized carbons (Fsp3) is 0.0556. The quantitative estimate of drug-likeness (QED) is 0.594. The van der Waals surface area contributed by atoms with Gasteiger partial charge >= 0.3 is 0 Å². The first-order chi connectivity index (χ1) is 11.2. The number of nitrogens with zero attached hydrogens (tertiary/aromatic N) is 1. The number of aromatic amines is 1. The molecule has 0 unspecified atom stereocenters. The third-order valence-electron chi connectivity index (χ3n) is 3.38. The molecule has 0 atom stereocenters. The average molecular weight is 306 g/mol. The minimum Gasteiger partial charge on any atom is -0.497 e. The number of methoxy groups -OCH3 is 1. The predicted molar refractivity (Wildman–Crippen MR) is 88.7 cm³/mol. The largest absolute Gasteiger partial charge is 0.497 e. The summed E-state index contributed by atoms with van der Waals surface area (Å²) in [5, 5.41) is 0.517. The van der Waals surface area contributed by atoms with Gasteiger partial charge in [0.15, 0.2) is 5.78 Å². The lowest BCUT2D eigenvalue weighted by Gasteiger charge is -2.01. The molecule has 1 heterocycles. The van der Waals surface area contributed by atoms with Crippen LogP contribution in [-0.4, -0.2) is 22.9 Å². The molecule has 3 aromatic rings. The fourth-order valence-corrected chi connectivity index (χ4v) is 2.21. The molecule has 0 saturated carbocycles. The highest BCUT2D eigenvalue weighted by Crippen LogP contribution is 2.14. The monoisotopic (exact) mass is 306 g/mol. The van der Waals surface area contributed by atoms with Gasteiger partial charge in [-0.25, -0.2) is 4.98 Å². The summed E-state index contributed by atoms with van der Waals surface area (Å²) in [4.78, 5) is 31.1. The Kier molecular flexibility index (Phi) is 4.01. The maximum atomic E-state index is 12.2. The molecule has 0 bridgehead atoms. The average Bonchev–Trinajstić information content (AvgIpc) is 2.60. The maximum Gasteiger partial charge on any atom is 0.259 e. The number of rotatable bonds is 4. The van der Waals surface area contributed by atoms with Crippen LogP contribution in [0.5, 0.6) is 5.75 Å². The van der Waals surface area contributed by atoms with Crippen molar-refractivity contribution in [2.24, 2.45) is 0 Å². The zero-order valence-corrected chi connectivity index (χ0v) is 12.4. The molecule has 0 aliphatic rings. The summed E-state index contributed by atoms with van der Waals surface area (Å²) in [6, 6.07) is 13.9. The van der Waals surface area contributed by atoms with Crippen LogP contribution in [0.25, 0.3) is 17.0 Å². The van der Waals surface area contributed by atoms with Crippen molar-refractivity contribution in [3.8, 4) is 5.75 Å². The molecule has 0 amide bonds. The second kappa shape index (κ2) is 6.27. The Bertz CT molecular complexity index is 958. The first-order valence-corrected chi connectivity index (χ1v) is 7.03. The number of hydrogen-bond acceptors (Lipinski definition) is 4. The van der Waals surface area contributed by atoms with Crippen LogP contribution in [-0.2, 0) is 0 Å². The molecule has 1 aromatic heterocycles. The van der Waals surface area contributed by atoms with Gasteiger partial charge in [0.25, 0.3) is 5.56 Å².